The first-order valence-electron chi connectivity index (χ1n) is 7.42. The van der Waals surface area contributed by atoms with Gasteiger partial charge >= 0.3 is 0 Å². The molecule has 1 aromatic rings. The molecule has 2 N–H and O–H groups in total. The van der Waals surface area contributed by atoms with E-state index in [0.29, 0.717) is 10.9 Å². The molecule has 1 aromatic carbocycles. The Kier molecular flexibility index (Phi) is 5.24. The number of rotatable bonds is 5. The molecule has 0 bridgehead atoms. The number of hydrogen-bond acceptors (Lipinski definition) is 4. The van der Waals surface area contributed by atoms with E-state index >= 15 is 0 Å². The summed E-state index contributed by atoms with van der Waals surface area (Å²) in [6.07, 6.45) is 3.73. The molecule has 1 atom stereocenters. The van der Waals surface area contributed by atoms with Gasteiger partial charge in [0.15, 0.2) is 0 Å². The molecule has 1 unspecified atom stereocenters. The van der Waals surface area contributed by atoms with Crippen LogP contribution in [-0.4, -0.2) is 46.5 Å². The summed E-state index contributed by atoms with van der Waals surface area (Å²) < 4.78 is 26.1. The number of nitrogens with one attached hydrogen (secondary N) is 2. The van der Waals surface area contributed by atoms with E-state index in [1.165, 1.54) is 26.3 Å². The third-order valence-electron chi connectivity index (χ3n) is 4.24. The molecule has 21 heavy (non-hydrogen) atoms. The Bertz CT molecular complexity index is 587. The molecule has 1 saturated heterocycles. The molecule has 5 nitrogen and oxygen atoms in total. The van der Waals surface area contributed by atoms with Gasteiger partial charge in [-0.1, -0.05) is 12.5 Å². The van der Waals surface area contributed by atoms with Gasteiger partial charge in [0.1, 0.15) is 0 Å². The number of aryl methyl sites for hydroxylation is 1. The van der Waals surface area contributed by atoms with Crippen LogP contribution in [0.15, 0.2) is 23.1 Å². The Labute approximate surface area is 127 Å². The summed E-state index contributed by atoms with van der Waals surface area (Å²) in [5, 5.41) is 3.42. The van der Waals surface area contributed by atoms with Crippen LogP contribution in [0.1, 0.15) is 24.8 Å². The fourth-order valence-corrected chi connectivity index (χ4v) is 3.46. The summed E-state index contributed by atoms with van der Waals surface area (Å²) >= 11 is 0. The normalized spacial score (nSPS) is 20.4. The molecule has 0 aliphatic carbocycles. The minimum absolute atomic E-state index is 0.301. The van der Waals surface area contributed by atoms with Gasteiger partial charge in [0.05, 0.1) is 4.90 Å². The van der Waals surface area contributed by atoms with Gasteiger partial charge in [0.25, 0.3) is 0 Å². The monoisotopic (exact) mass is 311 g/mol. The Morgan fingerprint density at radius 1 is 1.33 bits per heavy atom. The molecule has 118 valence electrons. The molecule has 1 heterocycles. The minimum atomic E-state index is -3.39. The summed E-state index contributed by atoms with van der Waals surface area (Å²) in [6, 6.07) is 5.71. The van der Waals surface area contributed by atoms with Crippen molar-refractivity contribution < 1.29 is 8.42 Å². The Balaban J connectivity index is 2.10. The highest BCUT2D eigenvalue weighted by Crippen LogP contribution is 2.21. The molecule has 6 heteroatoms. The fourth-order valence-electron chi connectivity index (χ4n) is 2.71. The number of anilines is 1. The lowest BCUT2D eigenvalue weighted by atomic mass is 10.0. The summed E-state index contributed by atoms with van der Waals surface area (Å²) in [5.41, 5.74) is 1.95. The van der Waals surface area contributed by atoms with Crippen molar-refractivity contribution in [2.24, 2.45) is 0 Å². The van der Waals surface area contributed by atoms with Gasteiger partial charge in [-0.2, -0.15) is 0 Å². The largest absolute Gasteiger partial charge is 0.383 e. The van der Waals surface area contributed by atoms with Crippen molar-refractivity contribution in [1.82, 2.24) is 9.62 Å². The van der Waals surface area contributed by atoms with Crippen molar-refractivity contribution in [1.29, 1.82) is 0 Å². The highest BCUT2D eigenvalue weighted by atomic mass is 32.2. The lowest BCUT2D eigenvalue weighted by Crippen LogP contribution is -2.40. The Morgan fingerprint density at radius 2 is 2.10 bits per heavy atom. The smallest absolute Gasteiger partial charge is 0.240 e. The molecule has 1 aliphatic rings. The molecule has 0 spiro atoms. The molecular weight excluding hydrogens is 286 g/mol. The van der Waals surface area contributed by atoms with Gasteiger partial charge in [-0.05, 0) is 58.1 Å². The standard InChI is InChI=1S/C15H25N3O2S/c1-12-7-8-14(21(19,20)16-2)10-15(12)17-11-13-6-4-5-9-18(13)3/h7-8,10,13,16-17H,4-6,9,11H2,1-3H3. The number of piperidine rings is 1. The van der Waals surface area contributed by atoms with Gasteiger partial charge in [-0.25, -0.2) is 13.1 Å². The van der Waals surface area contributed by atoms with E-state index in [-0.39, 0.29) is 0 Å². The van der Waals surface area contributed by atoms with Crippen molar-refractivity contribution in [2.75, 3.05) is 32.5 Å². The average molecular weight is 311 g/mol. The molecule has 0 amide bonds. The Hall–Kier alpha value is -1.11. The van der Waals surface area contributed by atoms with Gasteiger partial charge in [0.2, 0.25) is 10.0 Å². The van der Waals surface area contributed by atoms with Crippen molar-refractivity contribution in [3.63, 3.8) is 0 Å². The summed E-state index contributed by atoms with van der Waals surface area (Å²) in [5.74, 6) is 0. The predicted octanol–water partition coefficient (Wildman–Crippen LogP) is 1.80. The molecule has 0 saturated carbocycles. The summed E-state index contributed by atoms with van der Waals surface area (Å²) in [7, 11) is 0.191. The maximum Gasteiger partial charge on any atom is 0.240 e. The Morgan fingerprint density at radius 3 is 2.76 bits per heavy atom. The second kappa shape index (κ2) is 6.77. The van der Waals surface area contributed by atoms with Crippen LogP contribution in [0.2, 0.25) is 0 Å². The van der Waals surface area contributed by atoms with E-state index in [0.717, 1.165) is 24.3 Å². The highest BCUT2D eigenvalue weighted by molar-refractivity contribution is 7.89. The maximum absolute atomic E-state index is 11.9. The molecule has 0 radical (unpaired) electrons. The van der Waals surface area contributed by atoms with Crippen LogP contribution in [0.4, 0.5) is 5.69 Å². The van der Waals surface area contributed by atoms with Crippen molar-refractivity contribution in [3.05, 3.63) is 23.8 Å². The van der Waals surface area contributed by atoms with Crippen LogP contribution in [-0.2, 0) is 10.0 Å². The van der Waals surface area contributed by atoms with Gasteiger partial charge in [0, 0.05) is 18.3 Å². The quantitative estimate of drug-likeness (QED) is 0.870. The zero-order valence-corrected chi connectivity index (χ0v) is 13.8. The first-order valence-corrected chi connectivity index (χ1v) is 8.90. The number of likely N-dealkylation sites (N-methyl/N-ethyl adjacent to an activating group) is 1. The third kappa shape index (κ3) is 3.96. The number of benzene rings is 1. The third-order valence-corrected chi connectivity index (χ3v) is 5.65. The zero-order valence-electron chi connectivity index (χ0n) is 13.0. The molecular formula is C15H25N3O2S. The van der Waals surface area contributed by atoms with Crippen LogP contribution in [0.3, 0.4) is 0 Å². The minimum Gasteiger partial charge on any atom is -0.383 e. The van der Waals surface area contributed by atoms with Crippen LogP contribution in [0.5, 0.6) is 0 Å². The van der Waals surface area contributed by atoms with E-state index in [2.05, 4.69) is 22.0 Å². The predicted molar refractivity (Wildman–Crippen MR) is 86.2 cm³/mol. The van der Waals surface area contributed by atoms with Crippen LogP contribution in [0, 0.1) is 6.92 Å². The van der Waals surface area contributed by atoms with Crippen molar-refractivity contribution in [3.8, 4) is 0 Å². The second-order valence-corrected chi connectivity index (χ2v) is 7.58. The van der Waals surface area contributed by atoms with Crippen molar-refractivity contribution >= 4 is 15.7 Å². The topological polar surface area (TPSA) is 61.4 Å². The number of hydrogen-bond donors (Lipinski definition) is 2. The lowest BCUT2D eigenvalue weighted by molar-refractivity contribution is 0.194. The van der Waals surface area contributed by atoms with E-state index in [1.54, 1.807) is 12.1 Å². The number of nitrogens with zero attached hydrogens (tertiary/aromatic N) is 1. The van der Waals surface area contributed by atoms with Crippen LogP contribution in [0.25, 0.3) is 0 Å². The van der Waals surface area contributed by atoms with E-state index < -0.39 is 10.0 Å². The van der Waals surface area contributed by atoms with Gasteiger partial charge in [-0.3, -0.25) is 0 Å². The molecule has 1 fully saturated rings. The summed E-state index contributed by atoms with van der Waals surface area (Å²) in [4.78, 5) is 2.68. The van der Waals surface area contributed by atoms with E-state index in [9.17, 15) is 8.42 Å². The highest BCUT2D eigenvalue weighted by Gasteiger charge is 2.19. The summed E-state index contributed by atoms with van der Waals surface area (Å²) in [6.45, 7) is 3.97. The van der Waals surface area contributed by atoms with Crippen LogP contribution >= 0.6 is 0 Å². The SMILES string of the molecule is CNS(=O)(=O)c1ccc(C)c(NCC2CCCCN2C)c1. The number of likely N-dealkylation sites (tertiary alicyclic amines) is 1. The van der Waals surface area contributed by atoms with Crippen LogP contribution < -0.4 is 10.0 Å². The zero-order chi connectivity index (χ0) is 15.5. The lowest BCUT2D eigenvalue weighted by Gasteiger charge is -2.33. The van der Waals surface area contributed by atoms with Gasteiger partial charge < -0.3 is 10.2 Å². The molecule has 2 rings (SSSR count). The molecule has 1 aliphatic heterocycles. The average Bonchev–Trinajstić information content (AvgIpc) is 2.47. The second-order valence-electron chi connectivity index (χ2n) is 5.70. The van der Waals surface area contributed by atoms with Gasteiger partial charge in [-0.15, -0.1) is 0 Å². The fraction of sp³-hybridized carbons (Fsp3) is 0.600. The first-order chi connectivity index (χ1) is 9.94. The van der Waals surface area contributed by atoms with Crippen molar-refractivity contribution in [2.45, 2.75) is 37.1 Å². The molecule has 0 aromatic heterocycles. The maximum atomic E-state index is 11.9. The first kappa shape index (κ1) is 16.3. The van der Waals surface area contributed by atoms with E-state index in [4.69, 9.17) is 0 Å². The number of sulfonamides is 1. The van der Waals surface area contributed by atoms with E-state index in [1.807, 2.05) is 13.0 Å².